The average Bonchev–Trinajstić information content (AvgIpc) is 2.18. The number of carboxylic acids is 1. The normalized spacial score (nSPS) is 12.4. The van der Waals surface area contributed by atoms with Crippen LogP contribution < -0.4 is 5.73 Å². The summed E-state index contributed by atoms with van der Waals surface area (Å²) in [5.41, 5.74) is 5.87. The van der Waals surface area contributed by atoms with Crippen molar-refractivity contribution in [1.29, 1.82) is 0 Å². The zero-order chi connectivity index (χ0) is 11.4. The molecule has 0 saturated carbocycles. The van der Waals surface area contributed by atoms with Crippen molar-refractivity contribution in [3.05, 3.63) is 29.6 Å². The molecule has 1 rings (SSSR count). The van der Waals surface area contributed by atoms with Gasteiger partial charge in [0.05, 0.1) is 6.42 Å². The molecule has 0 bridgehead atoms. The molecule has 0 aliphatic rings. The fourth-order valence-corrected chi connectivity index (χ4v) is 1.33. The molecule has 1 unspecified atom stereocenters. The van der Waals surface area contributed by atoms with Crippen LogP contribution in [-0.2, 0) is 4.79 Å². The van der Waals surface area contributed by atoms with Gasteiger partial charge in [0.1, 0.15) is 0 Å². The monoisotopic (exact) mass is 213 g/mol. The molecular weight excluding hydrogens is 201 g/mol. The van der Waals surface area contributed by atoms with E-state index in [9.17, 15) is 9.18 Å². The third kappa shape index (κ3) is 2.92. The topological polar surface area (TPSA) is 83.6 Å². The van der Waals surface area contributed by atoms with Gasteiger partial charge in [-0.15, -0.1) is 0 Å². The summed E-state index contributed by atoms with van der Waals surface area (Å²) in [6, 6.07) is 3.77. The molecule has 4 N–H and O–H groups in total. The Morgan fingerprint density at radius 2 is 2.20 bits per heavy atom. The van der Waals surface area contributed by atoms with Crippen molar-refractivity contribution >= 4 is 5.97 Å². The molecule has 1 aromatic carbocycles. The first-order chi connectivity index (χ1) is 7.04. The first-order valence-electron chi connectivity index (χ1n) is 4.45. The Kier molecular flexibility index (Phi) is 3.62. The van der Waals surface area contributed by atoms with E-state index in [0.717, 1.165) is 6.07 Å². The second-order valence-electron chi connectivity index (χ2n) is 3.24. The summed E-state index contributed by atoms with van der Waals surface area (Å²) in [7, 11) is 0. The van der Waals surface area contributed by atoms with E-state index >= 15 is 0 Å². The lowest BCUT2D eigenvalue weighted by Gasteiger charge is -2.12. The Hall–Kier alpha value is -1.62. The molecule has 0 spiro atoms. The van der Waals surface area contributed by atoms with Gasteiger partial charge in [-0.1, -0.05) is 6.07 Å². The number of aliphatic carboxylic acids is 1. The molecule has 1 atom stereocenters. The highest BCUT2D eigenvalue weighted by Crippen LogP contribution is 2.23. The van der Waals surface area contributed by atoms with Gasteiger partial charge in [-0.2, -0.15) is 0 Å². The van der Waals surface area contributed by atoms with Crippen molar-refractivity contribution in [2.45, 2.75) is 12.3 Å². The van der Waals surface area contributed by atoms with Crippen LogP contribution in [0.25, 0.3) is 0 Å². The third-order valence-corrected chi connectivity index (χ3v) is 2.15. The minimum atomic E-state index is -0.987. The maximum atomic E-state index is 13.0. The number of phenolic OH excluding ortho intramolecular Hbond substituents is 1. The summed E-state index contributed by atoms with van der Waals surface area (Å²) < 4.78 is 13.0. The van der Waals surface area contributed by atoms with E-state index < -0.39 is 23.5 Å². The highest BCUT2D eigenvalue weighted by atomic mass is 19.1. The van der Waals surface area contributed by atoms with Crippen LogP contribution in [-0.4, -0.2) is 22.7 Å². The van der Waals surface area contributed by atoms with Gasteiger partial charge in [-0.05, 0) is 24.2 Å². The lowest BCUT2D eigenvalue weighted by molar-refractivity contribution is -0.137. The lowest BCUT2D eigenvalue weighted by atomic mass is 9.96. The Morgan fingerprint density at radius 1 is 1.53 bits per heavy atom. The largest absolute Gasteiger partial charge is 0.505 e. The summed E-state index contributed by atoms with van der Waals surface area (Å²) >= 11 is 0. The van der Waals surface area contributed by atoms with Crippen molar-refractivity contribution < 1.29 is 19.4 Å². The number of hydrogen-bond donors (Lipinski definition) is 3. The molecule has 0 saturated heterocycles. The molecular formula is C10H12FNO3. The summed E-state index contributed by atoms with van der Waals surface area (Å²) in [6.45, 7) is 0.122. The van der Waals surface area contributed by atoms with Gasteiger partial charge in [0.25, 0.3) is 0 Å². The van der Waals surface area contributed by atoms with Crippen LogP contribution in [0.4, 0.5) is 4.39 Å². The standard InChI is InChI=1S/C10H12FNO3/c11-8-3-6(1-2-9(8)13)7(5-12)4-10(14)15/h1-3,7,13H,4-5,12H2,(H,14,15). The number of phenols is 1. The van der Waals surface area contributed by atoms with Gasteiger partial charge in [0, 0.05) is 5.92 Å². The predicted molar refractivity (Wildman–Crippen MR) is 52.1 cm³/mol. The van der Waals surface area contributed by atoms with Crippen molar-refractivity contribution in [2.75, 3.05) is 6.54 Å². The second kappa shape index (κ2) is 4.75. The summed E-state index contributed by atoms with van der Waals surface area (Å²) in [5, 5.41) is 17.6. The predicted octanol–water partition coefficient (Wildman–Crippen LogP) is 1.05. The van der Waals surface area contributed by atoms with E-state index in [2.05, 4.69) is 0 Å². The van der Waals surface area contributed by atoms with Crippen LogP contribution in [0.3, 0.4) is 0 Å². The minimum Gasteiger partial charge on any atom is -0.505 e. The molecule has 0 heterocycles. The van der Waals surface area contributed by atoms with Crippen LogP contribution in [0.1, 0.15) is 17.9 Å². The quantitative estimate of drug-likeness (QED) is 0.698. The number of rotatable bonds is 4. The first-order valence-corrected chi connectivity index (χ1v) is 4.45. The lowest BCUT2D eigenvalue weighted by Crippen LogP contribution is -2.16. The maximum Gasteiger partial charge on any atom is 0.304 e. The van der Waals surface area contributed by atoms with E-state index in [0.29, 0.717) is 5.56 Å². The van der Waals surface area contributed by atoms with E-state index in [1.54, 1.807) is 0 Å². The first kappa shape index (κ1) is 11.5. The Morgan fingerprint density at radius 3 is 2.67 bits per heavy atom. The fourth-order valence-electron chi connectivity index (χ4n) is 1.33. The summed E-state index contributed by atoms with van der Waals surface area (Å²) in [5.74, 6) is -2.64. The van der Waals surface area contributed by atoms with Crippen LogP contribution in [0, 0.1) is 5.82 Å². The Bertz CT molecular complexity index is 368. The van der Waals surface area contributed by atoms with Gasteiger partial charge < -0.3 is 15.9 Å². The van der Waals surface area contributed by atoms with Crippen molar-refractivity contribution in [3.63, 3.8) is 0 Å². The molecule has 4 nitrogen and oxygen atoms in total. The van der Waals surface area contributed by atoms with Gasteiger partial charge in [0.2, 0.25) is 0 Å². The highest BCUT2D eigenvalue weighted by Gasteiger charge is 2.15. The summed E-state index contributed by atoms with van der Waals surface area (Å²) in [6.07, 6.45) is -0.152. The van der Waals surface area contributed by atoms with Gasteiger partial charge in [-0.25, -0.2) is 4.39 Å². The molecule has 1 aromatic rings. The van der Waals surface area contributed by atoms with E-state index in [-0.39, 0.29) is 13.0 Å². The molecule has 0 fully saturated rings. The molecule has 5 heteroatoms. The summed E-state index contributed by atoms with van der Waals surface area (Å²) in [4.78, 5) is 10.5. The van der Waals surface area contributed by atoms with E-state index in [4.69, 9.17) is 15.9 Å². The number of carbonyl (C=O) groups is 1. The molecule has 0 amide bonds. The van der Waals surface area contributed by atoms with E-state index in [1.165, 1.54) is 12.1 Å². The zero-order valence-electron chi connectivity index (χ0n) is 7.98. The Balaban J connectivity index is 2.92. The van der Waals surface area contributed by atoms with Gasteiger partial charge in [0.15, 0.2) is 11.6 Å². The number of aromatic hydroxyl groups is 1. The number of halogens is 1. The van der Waals surface area contributed by atoms with Crippen LogP contribution in [0.5, 0.6) is 5.75 Å². The van der Waals surface area contributed by atoms with E-state index in [1.807, 2.05) is 0 Å². The highest BCUT2D eigenvalue weighted by molar-refractivity contribution is 5.68. The van der Waals surface area contributed by atoms with Crippen molar-refractivity contribution in [1.82, 2.24) is 0 Å². The molecule has 0 radical (unpaired) electrons. The molecule has 0 aliphatic carbocycles. The fraction of sp³-hybridized carbons (Fsp3) is 0.300. The van der Waals surface area contributed by atoms with Gasteiger partial charge in [-0.3, -0.25) is 4.79 Å². The number of benzene rings is 1. The molecule has 15 heavy (non-hydrogen) atoms. The zero-order valence-corrected chi connectivity index (χ0v) is 7.98. The van der Waals surface area contributed by atoms with Gasteiger partial charge >= 0.3 is 5.97 Å². The van der Waals surface area contributed by atoms with Crippen molar-refractivity contribution in [3.8, 4) is 5.75 Å². The van der Waals surface area contributed by atoms with Crippen molar-refractivity contribution in [2.24, 2.45) is 5.73 Å². The number of hydrogen-bond acceptors (Lipinski definition) is 3. The van der Waals surface area contributed by atoms with Crippen LogP contribution in [0.15, 0.2) is 18.2 Å². The van der Waals surface area contributed by atoms with Crippen LogP contribution >= 0.6 is 0 Å². The molecule has 82 valence electrons. The number of carboxylic acid groups (broad SMARTS) is 1. The molecule has 0 aromatic heterocycles. The van der Waals surface area contributed by atoms with Crippen LogP contribution in [0.2, 0.25) is 0 Å². The minimum absolute atomic E-state index is 0.122. The SMILES string of the molecule is NCC(CC(=O)O)c1ccc(O)c(F)c1. The maximum absolute atomic E-state index is 13.0. The molecule has 0 aliphatic heterocycles. The third-order valence-electron chi connectivity index (χ3n) is 2.15. The average molecular weight is 213 g/mol. The second-order valence-corrected chi connectivity index (χ2v) is 3.24. The number of nitrogens with two attached hydrogens (primary N) is 1. The smallest absolute Gasteiger partial charge is 0.304 e. The Labute approximate surface area is 86.1 Å².